The zero-order valence-corrected chi connectivity index (χ0v) is 12.1. The standard InChI is InChI=1S/C11H13IN2.CH4N2O/c12-10-5-8(3-4-9(10)6-13)11(14)7-1-2-7;2-3-1-4/h3-5,7,14H,1-2,6,13H2;1H,2H2,(H,3,4). The molecule has 1 aliphatic carbocycles. The summed E-state index contributed by atoms with van der Waals surface area (Å²) in [5, 5.41) is 7.94. The van der Waals surface area contributed by atoms with Gasteiger partial charge in [0.1, 0.15) is 0 Å². The third kappa shape index (κ3) is 4.35. The van der Waals surface area contributed by atoms with Gasteiger partial charge in [-0.2, -0.15) is 0 Å². The van der Waals surface area contributed by atoms with Crippen LogP contribution in [0.4, 0.5) is 0 Å². The van der Waals surface area contributed by atoms with Crippen LogP contribution >= 0.6 is 22.6 Å². The smallest absolute Gasteiger partial charge is 0.221 e. The molecule has 0 aliphatic heterocycles. The summed E-state index contributed by atoms with van der Waals surface area (Å²) in [6.45, 7) is 0.579. The molecule has 0 heterocycles. The fraction of sp³-hybridized carbons (Fsp3) is 0.333. The highest BCUT2D eigenvalue weighted by Gasteiger charge is 2.27. The molecule has 1 aliphatic rings. The van der Waals surface area contributed by atoms with Crippen molar-refractivity contribution in [2.24, 2.45) is 17.5 Å². The summed E-state index contributed by atoms with van der Waals surface area (Å²) >= 11 is 2.29. The van der Waals surface area contributed by atoms with Crippen LogP contribution < -0.4 is 17.0 Å². The first-order valence-corrected chi connectivity index (χ1v) is 6.69. The Morgan fingerprint density at radius 2 is 2.17 bits per heavy atom. The van der Waals surface area contributed by atoms with E-state index in [1.165, 1.54) is 16.4 Å². The van der Waals surface area contributed by atoms with Gasteiger partial charge in [-0.15, -0.1) is 0 Å². The van der Waals surface area contributed by atoms with Crippen molar-refractivity contribution in [3.05, 3.63) is 32.9 Å². The second kappa shape index (κ2) is 7.45. The Morgan fingerprint density at radius 1 is 1.56 bits per heavy atom. The molecule has 0 radical (unpaired) electrons. The lowest BCUT2D eigenvalue weighted by Gasteiger charge is -2.06. The number of hydrogen-bond donors (Lipinski definition) is 4. The SMILES string of the molecule is N=C(c1ccc(CN)c(I)c1)C1CC1.NNC=O. The Kier molecular flexibility index (Phi) is 6.23. The Balaban J connectivity index is 0.000000357. The molecule has 98 valence electrons. The molecule has 5 nitrogen and oxygen atoms in total. The summed E-state index contributed by atoms with van der Waals surface area (Å²) in [4.78, 5) is 8.94. The largest absolute Gasteiger partial charge is 0.326 e. The van der Waals surface area contributed by atoms with E-state index < -0.39 is 0 Å². The number of carbonyl (C=O) groups is 1. The molecule has 1 aromatic rings. The highest BCUT2D eigenvalue weighted by atomic mass is 127. The summed E-state index contributed by atoms with van der Waals surface area (Å²) in [6, 6.07) is 6.13. The molecule has 0 unspecified atom stereocenters. The quantitative estimate of drug-likeness (QED) is 0.162. The van der Waals surface area contributed by atoms with Crippen molar-refractivity contribution >= 4 is 34.7 Å². The van der Waals surface area contributed by atoms with E-state index in [2.05, 4.69) is 34.5 Å². The minimum atomic E-state index is 0.403. The molecule has 1 saturated carbocycles. The van der Waals surface area contributed by atoms with Crippen molar-refractivity contribution in [3.63, 3.8) is 0 Å². The second-order valence-corrected chi connectivity index (χ2v) is 5.14. The van der Waals surface area contributed by atoms with E-state index in [-0.39, 0.29) is 0 Å². The zero-order chi connectivity index (χ0) is 13.5. The molecule has 1 fully saturated rings. The van der Waals surface area contributed by atoms with Crippen LogP contribution in [-0.2, 0) is 11.3 Å². The molecule has 18 heavy (non-hydrogen) atoms. The average molecular weight is 360 g/mol. The maximum Gasteiger partial charge on any atom is 0.221 e. The molecule has 1 aromatic carbocycles. The highest BCUT2D eigenvalue weighted by molar-refractivity contribution is 14.1. The molecule has 6 heteroatoms. The summed E-state index contributed by atoms with van der Waals surface area (Å²) in [5.41, 5.74) is 10.4. The monoisotopic (exact) mass is 360 g/mol. The van der Waals surface area contributed by atoms with Gasteiger partial charge in [0.2, 0.25) is 6.41 Å². The first kappa shape index (κ1) is 15.1. The number of nitrogens with one attached hydrogen (secondary N) is 2. The van der Waals surface area contributed by atoms with Gasteiger partial charge in [0.05, 0.1) is 0 Å². The van der Waals surface area contributed by atoms with Gasteiger partial charge >= 0.3 is 0 Å². The van der Waals surface area contributed by atoms with Crippen molar-refractivity contribution < 1.29 is 4.79 Å². The van der Waals surface area contributed by atoms with E-state index in [0.717, 1.165) is 16.8 Å². The van der Waals surface area contributed by atoms with Crippen LogP contribution in [0.5, 0.6) is 0 Å². The minimum Gasteiger partial charge on any atom is -0.326 e. The average Bonchev–Trinajstić information content (AvgIpc) is 3.22. The van der Waals surface area contributed by atoms with Gasteiger partial charge in [0, 0.05) is 21.7 Å². The number of rotatable bonds is 4. The highest BCUT2D eigenvalue weighted by Crippen LogP contribution is 2.33. The maximum atomic E-state index is 8.94. The lowest BCUT2D eigenvalue weighted by molar-refractivity contribution is -0.109. The van der Waals surface area contributed by atoms with Crippen molar-refractivity contribution in [1.29, 1.82) is 5.41 Å². The molecule has 2 rings (SSSR count). The van der Waals surface area contributed by atoms with Crippen LogP contribution in [0.3, 0.4) is 0 Å². The second-order valence-electron chi connectivity index (χ2n) is 3.98. The van der Waals surface area contributed by atoms with Crippen LogP contribution in [-0.4, -0.2) is 12.1 Å². The fourth-order valence-corrected chi connectivity index (χ4v) is 2.22. The summed E-state index contributed by atoms with van der Waals surface area (Å²) in [6.07, 6.45) is 2.78. The van der Waals surface area contributed by atoms with Crippen molar-refractivity contribution in [2.45, 2.75) is 19.4 Å². The number of halogens is 1. The third-order valence-electron chi connectivity index (χ3n) is 2.64. The van der Waals surface area contributed by atoms with E-state index in [4.69, 9.17) is 15.9 Å². The normalized spacial score (nSPS) is 13.3. The maximum absolute atomic E-state index is 8.94. The Morgan fingerprint density at radius 3 is 2.56 bits per heavy atom. The topological polar surface area (TPSA) is 105 Å². The number of hydrazine groups is 1. The van der Waals surface area contributed by atoms with E-state index in [9.17, 15) is 0 Å². The predicted molar refractivity (Wildman–Crippen MR) is 80.0 cm³/mol. The van der Waals surface area contributed by atoms with Crippen LogP contribution in [0.25, 0.3) is 0 Å². The molecule has 1 amide bonds. The Labute approximate surface area is 120 Å². The van der Waals surface area contributed by atoms with Crippen molar-refractivity contribution in [2.75, 3.05) is 0 Å². The molecule has 0 atom stereocenters. The Hall–Kier alpha value is -0.990. The van der Waals surface area contributed by atoms with E-state index >= 15 is 0 Å². The summed E-state index contributed by atoms with van der Waals surface area (Å²) in [5.74, 6) is 4.93. The summed E-state index contributed by atoms with van der Waals surface area (Å²) in [7, 11) is 0. The number of amides is 1. The first-order chi connectivity index (χ1) is 8.63. The van der Waals surface area contributed by atoms with Crippen LogP contribution in [0.2, 0.25) is 0 Å². The van der Waals surface area contributed by atoms with Crippen molar-refractivity contribution in [3.8, 4) is 0 Å². The Bertz CT molecular complexity index is 432. The van der Waals surface area contributed by atoms with Gasteiger partial charge in [-0.25, -0.2) is 5.84 Å². The van der Waals surface area contributed by atoms with Crippen LogP contribution in [0.1, 0.15) is 24.0 Å². The van der Waals surface area contributed by atoms with Gasteiger partial charge in [0.15, 0.2) is 0 Å². The fourth-order valence-electron chi connectivity index (χ4n) is 1.49. The van der Waals surface area contributed by atoms with E-state index in [1.54, 1.807) is 5.43 Å². The molecule has 0 bridgehead atoms. The third-order valence-corrected chi connectivity index (χ3v) is 3.64. The van der Waals surface area contributed by atoms with Gasteiger partial charge in [-0.3, -0.25) is 10.2 Å². The zero-order valence-electron chi connectivity index (χ0n) is 9.95. The predicted octanol–water partition coefficient (Wildman–Crippen LogP) is 1.13. The minimum absolute atomic E-state index is 0.403. The number of carbonyl (C=O) groups excluding carboxylic acids is 1. The molecular weight excluding hydrogens is 343 g/mol. The number of benzene rings is 1. The van der Waals surface area contributed by atoms with Crippen LogP contribution in [0, 0.1) is 14.9 Å². The molecule has 6 N–H and O–H groups in total. The van der Waals surface area contributed by atoms with Gasteiger partial charge in [-0.05, 0) is 52.6 Å². The molecular formula is C12H17IN4O. The lowest BCUT2D eigenvalue weighted by Crippen LogP contribution is -2.18. The number of nitrogens with two attached hydrogens (primary N) is 2. The molecule has 0 spiro atoms. The number of hydrogen-bond acceptors (Lipinski definition) is 4. The lowest BCUT2D eigenvalue weighted by atomic mass is 10.0. The van der Waals surface area contributed by atoms with Gasteiger partial charge in [0.25, 0.3) is 0 Å². The first-order valence-electron chi connectivity index (χ1n) is 5.61. The van der Waals surface area contributed by atoms with E-state index in [0.29, 0.717) is 18.9 Å². The van der Waals surface area contributed by atoms with Gasteiger partial charge < -0.3 is 11.1 Å². The van der Waals surface area contributed by atoms with Crippen molar-refractivity contribution in [1.82, 2.24) is 5.43 Å². The van der Waals surface area contributed by atoms with Crippen LogP contribution in [0.15, 0.2) is 18.2 Å². The molecule has 0 aromatic heterocycles. The molecule has 0 saturated heterocycles. The van der Waals surface area contributed by atoms with Gasteiger partial charge in [-0.1, -0.05) is 12.1 Å². The summed E-state index contributed by atoms with van der Waals surface area (Å²) < 4.78 is 1.17. The van der Waals surface area contributed by atoms with E-state index in [1.807, 2.05) is 12.1 Å².